The second-order valence-electron chi connectivity index (χ2n) is 4.47. The molecule has 2 nitrogen and oxygen atoms in total. The average Bonchev–Trinajstić information content (AvgIpc) is 2.13. The van der Waals surface area contributed by atoms with Crippen LogP contribution >= 0.6 is 0 Å². The summed E-state index contributed by atoms with van der Waals surface area (Å²) in [6.45, 7) is 2.87. The number of halogens is 5. The van der Waals surface area contributed by atoms with Crippen LogP contribution in [0.1, 0.15) is 27.2 Å². The predicted octanol–water partition coefficient (Wildman–Crippen LogP) is 2.78. The minimum Gasteiger partial charge on any atom is -0.310 e. The molecule has 0 saturated carbocycles. The summed E-state index contributed by atoms with van der Waals surface area (Å²) in [5.74, 6) is -4.97. The standard InChI is InChI=1S/C10H16F5NO/c1-4-7(17)8(2,3)5-16-6-9(11,12)10(13,14)15/h16H,4-6H2,1-3H3. The van der Waals surface area contributed by atoms with Crippen molar-refractivity contribution in [3.63, 3.8) is 0 Å². The van der Waals surface area contributed by atoms with E-state index in [1.165, 1.54) is 13.8 Å². The molecule has 0 amide bonds. The molecule has 0 saturated heterocycles. The maximum absolute atomic E-state index is 12.5. The highest BCUT2D eigenvalue weighted by atomic mass is 19.4. The summed E-state index contributed by atoms with van der Waals surface area (Å²) in [5.41, 5.74) is -0.948. The van der Waals surface area contributed by atoms with E-state index in [1.807, 2.05) is 5.32 Å². The molecule has 0 unspecified atom stereocenters. The van der Waals surface area contributed by atoms with Gasteiger partial charge in [-0.15, -0.1) is 0 Å². The van der Waals surface area contributed by atoms with Crippen LogP contribution in [0.25, 0.3) is 0 Å². The molecular formula is C10H16F5NO. The lowest BCUT2D eigenvalue weighted by Crippen LogP contribution is -2.48. The Bertz CT molecular complexity index is 272. The third-order valence-electron chi connectivity index (χ3n) is 2.40. The SMILES string of the molecule is CCC(=O)C(C)(C)CNCC(F)(F)C(F)(F)F. The summed E-state index contributed by atoms with van der Waals surface area (Å²) in [6.07, 6.45) is -5.36. The number of rotatable bonds is 6. The van der Waals surface area contributed by atoms with Gasteiger partial charge in [-0.05, 0) is 0 Å². The Kier molecular flexibility index (Phi) is 5.06. The molecule has 0 heterocycles. The Hall–Kier alpha value is -0.720. The molecule has 0 fully saturated rings. The number of nitrogens with one attached hydrogen (secondary N) is 1. The van der Waals surface area contributed by atoms with Gasteiger partial charge in [0.05, 0.1) is 6.54 Å². The van der Waals surface area contributed by atoms with Crippen LogP contribution < -0.4 is 5.32 Å². The van der Waals surface area contributed by atoms with Crippen molar-refractivity contribution in [1.82, 2.24) is 5.32 Å². The molecule has 7 heteroatoms. The normalized spacial score (nSPS) is 13.9. The van der Waals surface area contributed by atoms with Crippen LogP contribution in [0, 0.1) is 5.41 Å². The van der Waals surface area contributed by atoms with E-state index in [0.29, 0.717) is 0 Å². The molecule has 0 aromatic rings. The fourth-order valence-corrected chi connectivity index (χ4v) is 1.21. The zero-order valence-corrected chi connectivity index (χ0v) is 9.92. The third kappa shape index (κ3) is 4.57. The van der Waals surface area contributed by atoms with Gasteiger partial charge in [0.2, 0.25) is 0 Å². The molecular weight excluding hydrogens is 245 g/mol. The summed E-state index contributed by atoms with van der Waals surface area (Å²) in [5, 5.41) is 2.00. The fraction of sp³-hybridized carbons (Fsp3) is 0.900. The van der Waals surface area contributed by atoms with E-state index in [9.17, 15) is 26.7 Å². The number of alkyl halides is 5. The predicted molar refractivity (Wildman–Crippen MR) is 53.0 cm³/mol. The van der Waals surface area contributed by atoms with Gasteiger partial charge in [0.25, 0.3) is 0 Å². The number of hydrogen-bond acceptors (Lipinski definition) is 2. The van der Waals surface area contributed by atoms with E-state index >= 15 is 0 Å². The number of hydrogen-bond donors (Lipinski definition) is 1. The molecule has 0 aliphatic heterocycles. The van der Waals surface area contributed by atoms with Gasteiger partial charge in [0.1, 0.15) is 5.78 Å². The van der Waals surface area contributed by atoms with Gasteiger partial charge in [0, 0.05) is 18.4 Å². The van der Waals surface area contributed by atoms with E-state index in [1.54, 1.807) is 6.92 Å². The summed E-state index contributed by atoms with van der Waals surface area (Å²) >= 11 is 0. The first kappa shape index (κ1) is 16.3. The molecule has 0 rings (SSSR count). The largest absolute Gasteiger partial charge is 0.454 e. The van der Waals surface area contributed by atoms with Gasteiger partial charge in [-0.1, -0.05) is 20.8 Å². The van der Waals surface area contributed by atoms with Crippen LogP contribution in [0.5, 0.6) is 0 Å². The first-order chi connectivity index (χ1) is 7.44. The van der Waals surface area contributed by atoms with Crippen LogP contribution in [0.4, 0.5) is 22.0 Å². The molecule has 17 heavy (non-hydrogen) atoms. The number of carbonyl (C=O) groups is 1. The molecule has 0 bridgehead atoms. The minimum absolute atomic E-state index is 0.194. The monoisotopic (exact) mass is 261 g/mol. The van der Waals surface area contributed by atoms with Crippen molar-refractivity contribution in [2.24, 2.45) is 5.41 Å². The Morgan fingerprint density at radius 2 is 1.53 bits per heavy atom. The lowest BCUT2D eigenvalue weighted by molar-refractivity contribution is -0.279. The van der Waals surface area contributed by atoms with Crippen molar-refractivity contribution >= 4 is 5.78 Å². The Balaban J connectivity index is 4.30. The summed E-state index contributed by atoms with van der Waals surface area (Å²) in [7, 11) is 0. The molecule has 0 radical (unpaired) electrons. The van der Waals surface area contributed by atoms with Crippen molar-refractivity contribution in [3.05, 3.63) is 0 Å². The smallest absolute Gasteiger partial charge is 0.310 e. The molecule has 0 atom stereocenters. The van der Waals surface area contributed by atoms with Crippen LogP contribution in [0.15, 0.2) is 0 Å². The average molecular weight is 261 g/mol. The zero-order valence-electron chi connectivity index (χ0n) is 9.92. The quantitative estimate of drug-likeness (QED) is 0.745. The van der Waals surface area contributed by atoms with Crippen LogP contribution in [0.2, 0.25) is 0 Å². The lowest BCUT2D eigenvalue weighted by atomic mass is 9.86. The summed E-state index contributed by atoms with van der Waals surface area (Å²) < 4.78 is 60.5. The number of Topliss-reactive ketones (excluding diaryl/α,β-unsaturated/α-hetero) is 1. The highest BCUT2D eigenvalue weighted by Crippen LogP contribution is 2.34. The molecule has 0 aromatic carbocycles. The fourth-order valence-electron chi connectivity index (χ4n) is 1.21. The van der Waals surface area contributed by atoms with Gasteiger partial charge in [-0.3, -0.25) is 4.79 Å². The maximum Gasteiger partial charge on any atom is 0.454 e. The summed E-state index contributed by atoms with van der Waals surface area (Å²) in [4.78, 5) is 11.3. The van der Waals surface area contributed by atoms with Crippen LogP contribution in [-0.4, -0.2) is 31.0 Å². The van der Waals surface area contributed by atoms with Crippen molar-refractivity contribution in [1.29, 1.82) is 0 Å². The van der Waals surface area contributed by atoms with Crippen molar-refractivity contribution in [2.45, 2.75) is 39.3 Å². The number of ketones is 1. The van der Waals surface area contributed by atoms with Crippen molar-refractivity contribution in [2.75, 3.05) is 13.1 Å². The highest BCUT2D eigenvalue weighted by molar-refractivity contribution is 5.83. The second-order valence-corrected chi connectivity index (χ2v) is 4.47. The van der Waals surface area contributed by atoms with E-state index in [2.05, 4.69) is 0 Å². The topological polar surface area (TPSA) is 29.1 Å². The molecule has 0 aromatic heterocycles. The van der Waals surface area contributed by atoms with Gasteiger partial charge >= 0.3 is 12.1 Å². The number of carbonyl (C=O) groups excluding carboxylic acids is 1. The second kappa shape index (κ2) is 5.29. The van der Waals surface area contributed by atoms with E-state index in [-0.39, 0.29) is 18.7 Å². The zero-order chi connectivity index (χ0) is 13.9. The van der Waals surface area contributed by atoms with Crippen molar-refractivity contribution in [3.8, 4) is 0 Å². The lowest BCUT2D eigenvalue weighted by Gasteiger charge is -2.25. The van der Waals surface area contributed by atoms with Crippen LogP contribution in [-0.2, 0) is 4.79 Å². The first-order valence-electron chi connectivity index (χ1n) is 5.12. The molecule has 0 aliphatic carbocycles. The van der Waals surface area contributed by atoms with E-state index in [4.69, 9.17) is 0 Å². The molecule has 0 aliphatic rings. The van der Waals surface area contributed by atoms with Crippen LogP contribution in [0.3, 0.4) is 0 Å². The Morgan fingerprint density at radius 3 is 1.88 bits per heavy atom. The molecule has 1 N–H and O–H groups in total. The van der Waals surface area contributed by atoms with Crippen molar-refractivity contribution < 1.29 is 26.7 Å². The highest BCUT2D eigenvalue weighted by Gasteiger charge is 2.57. The van der Waals surface area contributed by atoms with Gasteiger partial charge in [0.15, 0.2) is 0 Å². The third-order valence-corrected chi connectivity index (χ3v) is 2.40. The summed E-state index contributed by atoms with van der Waals surface area (Å²) in [6, 6.07) is 0. The Morgan fingerprint density at radius 1 is 1.06 bits per heavy atom. The molecule has 0 spiro atoms. The minimum atomic E-state index is -5.57. The Labute approximate surface area is 96.6 Å². The van der Waals surface area contributed by atoms with Gasteiger partial charge < -0.3 is 5.32 Å². The van der Waals surface area contributed by atoms with E-state index in [0.717, 1.165) is 0 Å². The van der Waals surface area contributed by atoms with Gasteiger partial charge in [-0.25, -0.2) is 0 Å². The first-order valence-corrected chi connectivity index (χ1v) is 5.12. The van der Waals surface area contributed by atoms with Gasteiger partial charge in [-0.2, -0.15) is 22.0 Å². The van der Waals surface area contributed by atoms with E-state index < -0.39 is 24.1 Å². The maximum atomic E-state index is 12.5. The molecule has 102 valence electrons.